The van der Waals surface area contributed by atoms with Crippen molar-refractivity contribution in [1.29, 1.82) is 0 Å². The van der Waals surface area contributed by atoms with Gasteiger partial charge in [0, 0.05) is 23.5 Å². The predicted octanol–water partition coefficient (Wildman–Crippen LogP) is 3.13. The van der Waals surface area contributed by atoms with Gasteiger partial charge in [-0.05, 0) is 33.8 Å². The molecule has 0 radical (unpaired) electrons. The summed E-state index contributed by atoms with van der Waals surface area (Å²) in [6.07, 6.45) is 2.20. The minimum absolute atomic E-state index is 0.114. The molecular formula is C17H18N2O4. The van der Waals surface area contributed by atoms with Gasteiger partial charge < -0.3 is 9.47 Å². The molecule has 1 aromatic heterocycles. The molecule has 120 valence electrons. The highest BCUT2D eigenvalue weighted by Crippen LogP contribution is 2.26. The van der Waals surface area contributed by atoms with E-state index in [9.17, 15) is 9.59 Å². The molecule has 0 saturated heterocycles. The van der Waals surface area contributed by atoms with Gasteiger partial charge in [0.05, 0.1) is 0 Å². The lowest BCUT2D eigenvalue weighted by molar-refractivity contribution is 0.0205. The molecule has 1 heterocycles. The van der Waals surface area contributed by atoms with Crippen LogP contribution in [0.4, 0.5) is 4.79 Å². The van der Waals surface area contributed by atoms with Crippen LogP contribution in [0.3, 0.4) is 0 Å². The van der Waals surface area contributed by atoms with Crippen molar-refractivity contribution in [2.45, 2.75) is 33.3 Å². The standard InChI is InChI=1S/C17H18N2O4/c1-11-18-9-12(10-19-11)13-7-5-6-8-14(20)15(13)22-16(21)23-17(2,3)4/h5-10H,1-4H3. The van der Waals surface area contributed by atoms with Crippen LogP contribution in [-0.2, 0) is 4.74 Å². The lowest BCUT2D eigenvalue weighted by atomic mass is 10.1. The summed E-state index contributed by atoms with van der Waals surface area (Å²) in [6, 6.07) is 6.23. The normalized spacial score (nSPS) is 11.0. The minimum atomic E-state index is -0.935. The molecule has 2 aromatic rings. The van der Waals surface area contributed by atoms with E-state index in [1.807, 2.05) is 0 Å². The molecule has 0 bridgehead atoms. The lowest BCUT2D eigenvalue weighted by Crippen LogP contribution is -2.27. The Morgan fingerprint density at radius 3 is 2.30 bits per heavy atom. The monoisotopic (exact) mass is 314 g/mol. The van der Waals surface area contributed by atoms with Crippen LogP contribution in [0.25, 0.3) is 11.1 Å². The summed E-state index contributed by atoms with van der Waals surface area (Å²) in [5.74, 6) is 0.489. The first-order valence-electron chi connectivity index (χ1n) is 7.09. The molecular weight excluding hydrogens is 296 g/mol. The number of nitrogens with zero attached hydrogens (tertiary/aromatic N) is 2. The molecule has 0 aliphatic heterocycles. The summed E-state index contributed by atoms with van der Waals surface area (Å²) in [5.41, 5.74) is -0.158. The van der Waals surface area contributed by atoms with E-state index in [0.29, 0.717) is 17.0 Å². The fourth-order valence-corrected chi connectivity index (χ4v) is 1.80. The molecule has 6 heteroatoms. The summed E-state index contributed by atoms with van der Waals surface area (Å²) >= 11 is 0. The number of aromatic nitrogens is 2. The number of rotatable bonds is 2. The third kappa shape index (κ3) is 4.60. The van der Waals surface area contributed by atoms with E-state index < -0.39 is 17.2 Å². The van der Waals surface area contributed by atoms with E-state index >= 15 is 0 Å². The van der Waals surface area contributed by atoms with Gasteiger partial charge in [-0.3, -0.25) is 4.79 Å². The highest BCUT2D eigenvalue weighted by atomic mass is 16.7. The Balaban J connectivity index is 2.46. The number of hydrogen-bond donors (Lipinski definition) is 0. The van der Waals surface area contributed by atoms with Crippen molar-refractivity contribution in [3.8, 4) is 16.9 Å². The van der Waals surface area contributed by atoms with Crippen LogP contribution in [0.15, 0.2) is 41.5 Å². The molecule has 0 aliphatic rings. The van der Waals surface area contributed by atoms with Gasteiger partial charge in [0.1, 0.15) is 11.4 Å². The maximum Gasteiger partial charge on any atom is 0.514 e. The van der Waals surface area contributed by atoms with E-state index in [1.54, 1.807) is 58.3 Å². The average molecular weight is 314 g/mol. The van der Waals surface area contributed by atoms with E-state index in [2.05, 4.69) is 9.97 Å². The van der Waals surface area contributed by atoms with Crippen LogP contribution in [0.5, 0.6) is 5.75 Å². The second kappa shape index (κ2) is 6.56. The van der Waals surface area contributed by atoms with Gasteiger partial charge in [-0.1, -0.05) is 18.2 Å². The van der Waals surface area contributed by atoms with Crippen LogP contribution in [0, 0.1) is 6.92 Å². The average Bonchev–Trinajstić information content (AvgIpc) is 2.61. The molecule has 2 rings (SSSR count). The van der Waals surface area contributed by atoms with E-state index in [0.717, 1.165) is 0 Å². The van der Waals surface area contributed by atoms with Crippen molar-refractivity contribution < 1.29 is 14.3 Å². The van der Waals surface area contributed by atoms with Crippen molar-refractivity contribution >= 4 is 6.16 Å². The number of hydrogen-bond acceptors (Lipinski definition) is 6. The van der Waals surface area contributed by atoms with Crippen molar-refractivity contribution in [2.24, 2.45) is 0 Å². The summed E-state index contributed by atoms with van der Waals surface area (Å²) in [4.78, 5) is 32.3. The van der Waals surface area contributed by atoms with Crippen LogP contribution in [-0.4, -0.2) is 21.7 Å². The zero-order chi connectivity index (χ0) is 17.0. The molecule has 0 spiro atoms. The molecule has 0 unspecified atom stereocenters. The molecule has 0 atom stereocenters. The van der Waals surface area contributed by atoms with Crippen LogP contribution < -0.4 is 10.2 Å². The van der Waals surface area contributed by atoms with Gasteiger partial charge in [0.2, 0.25) is 5.43 Å². The van der Waals surface area contributed by atoms with Gasteiger partial charge >= 0.3 is 6.16 Å². The van der Waals surface area contributed by atoms with Gasteiger partial charge in [0.25, 0.3) is 0 Å². The Morgan fingerprint density at radius 2 is 1.70 bits per heavy atom. The maximum absolute atomic E-state index is 12.2. The second-order valence-electron chi connectivity index (χ2n) is 5.91. The van der Waals surface area contributed by atoms with E-state index in [4.69, 9.17) is 9.47 Å². The molecule has 0 aliphatic carbocycles. The van der Waals surface area contributed by atoms with Crippen LogP contribution in [0.2, 0.25) is 0 Å². The van der Waals surface area contributed by atoms with Crippen molar-refractivity contribution in [3.63, 3.8) is 0 Å². The third-order valence-corrected chi connectivity index (χ3v) is 2.76. The Bertz CT molecular complexity index is 765. The number of carbonyl (C=O) groups excluding carboxylic acids is 1. The first-order valence-corrected chi connectivity index (χ1v) is 7.09. The molecule has 0 N–H and O–H groups in total. The molecule has 0 amide bonds. The fraction of sp³-hybridized carbons (Fsp3) is 0.294. The first-order chi connectivity index (χ1) is 10.8. The summed E-state index contributed by atoms with van der Waals surface area (Å²) in [5, 5.41) is 0. The number of carbonyl (C=O) groups is 1. The van der Waals surface area contributed by atoms with Gasteiger partial charge in [-0.15, -0.1) is 0 Å². The quantitative estimate of drug-likeness (QED) is 0.792. The molecule has 23 heavy (non-hydrogen) atoms. The molecule has 0 fully saturated rings. The van der Waals surface area contributed by atoms with E-state index in [-0.39, 0.29) is 5.75 Å². The van der Waals surface area contributed by atoms with Crippen molar-refractivity contribution in [3.05, 3.63) is 52.7 Å². The molecule has 1 aromatic carbocycles. The Labute approximate surface area is 134 Å². The summed E-state index contributed by atoms with van der Waals surface area (Å²) in [6.45, 7) is 6.90. The SMILES string of the molecule is Cc1ncc(-c2ccccc(=O)c2OC(=O)OC(C)(C)C)cn1. The van der Waals surface area contributed by atoms with Gasteiger partial charge in [-0.25, -0.2) is 14.8 Å². The highest BCUT2D eigenvalue weighted by Gasteiger charge is 2.21. The number of aryl methyl sites for hydroxylation is 1. The zero-order valence-electron chi connectivity index (χ0n) is 13.5. The topological polar surface area (TPSA) is 78.4 Å². The van der Waals surface area contributed by atoms with Crippen LogP contribution >= 0.6 is 0 Å². The molecule has 0 saturated carbocycles. The largest absolute Gasteiger partial charge is 0.514 e. The minimum Gasteiger partial charge on any atom is -0.428 e. The summed E-state index contributed by atoms with van der Waals surface area (Å²) in [7, 11) is 0. The van der Waals surface area contributed by atoms with Crippen LogP contribution in [0.1, 0.15) is 26.6 Å². The van der Waals surface area contributed by atoms with E-state index in [1.165, 1.54) is 6.07 Å². The third-order valence-electron chi connectivity index (χ3n) is 2.76. The first kappa shape index (κ1) is 16.6. The highest BCUT2D eigenvalue weighted by molar-refractivity contribution is 5.73. The predicted molar refractivity (Wildman–Crippen MR) is 85.3 cm³/mol. The molecule has 6 nitrogen and oxygen atoms in total. The van der Waals surface area contributed by atoms with Gasteiger partial charge in [0.15, 0.2) is 5.75 Å². The number of ether oxygens (including phenoxy) is 2. The zero-order valence-corrected chi connectivity index (χ0v) is 13.5. The Hall–Kier alpha value is -2.76. The Morgan fingerprint density at radius 1 is 1.09 bits per heavy atom. The Kier molecular flexibility index (Phi) is 4.74. The van der Waals surface area contributed by atoms with Crippen molar-refractivity contribution in [1.82, 2.24) is 9.97 Å². The van der Waals surface area contributed by atoms with Crippen molar-refractivity contribution in [2.75, 3.05) is 0 Å². The second-order valence-corrected chi connectivity index (χ2v) is 5.91. The lowest BCUT2D eigenvalue weighted by Gasteiger charge is -2.18. The smallest absolute Gasteiger partial charge is 0.428 e. The summed E-state index contributed by atoms with van der Waals surface area (Å²) < 4.78 is 10.3. The fourth-order valence-electron chi connectivity index (χ4n) is 1.80. The maximum atomic E-state index is 12.2. The van der Waals surface area contributed by atoms with Gasteiger partial charge in [-0.2, -0.15) is 0 Å².